The molecule has 0 aromatic carbocycles. The van der Waals surface area contributed by atoms with Crippen molar-refractivity contribution < 1.29 is 4.39 Å². The fourth-order valence-corrected chi connectivity index (χ4v) is 2.79. The number of nitrogens with one attached hydrogen (secondary N) is 1. The summed E-state index contributed by atoms with van der Waals surface area (Å²) < 4.78 is 13.3. The van der Waals surface area contributed by atoms with Crippen molar-refractivity contribution in [2.24, 2.45) is 0 Å². The maximum Gasteiger partial charge on any atom is 0.251 e. The normalized spacial score (nSPS) is 38.7. The number of rotatable bonds is 1. The lowest BCUT2D eigenvalue weighted by molar-refractivity contribution is -0.160. The molecule has 0 saturated heterocycles. The van der Waals surface area contributed by atoms with Crippen LogP contribution in [0.2, 0.25) is 0 Å². The van der Waals surface area contributed by atoms with Gasteiger partial charge < -0.3 is 4.98 Å². The van der Waals surface area contributed by atoms with Gasteiger partial charge in [-0.3, -0.25) is 4.79 Å². The van der Waals surface area contributed by atoms with E-state index in [-0.39, 0.29) is 11.0 Å². The fourth-order valence-electron chi connectivity index (χ4n) is 2.79. The molecule has 1 N–H and O–H groups in total. The van der Waals surface area contributed by atoms with Crippen molar-refractivity contribution in [3.8, 4) is 0 Å². The van der Waals surface area contributed by atoms with Crippen LogP contribution >= 0.6 is 0 Å². The van der Waals surface area contributed by atoms with Crippen LogP contribution in [0, 0.1) is 6.92 Å². The molecule has 0 amide bonds. The van der Waals surface area contributed by atoms with Crippen LogP contribution in [0.25, 0.3) is 0 Å². The molecule has 0 aliphatic heterocycles. The van der Waals surface area contributed by atoms with Crippen LogP contribution in [0.3, 0.4) is 0 Å². The molecule has 4 heteroatoms. The Morgan fingerprint density at radius 3 is 2.64 bits per heavy atom. The molecule has 1 heterocycles. The molecule has 0 spiro atoms. The zero-order valence-corrected chi connectivity index (χ0v) is 7.93. The predicted octanol–water partition coefficient (Wildman–Crippen LogP) is 1.22. The molecule has 0 radical (unpaired) electrons. The van der Waals surface area contributed by atoms with E-state index in [9.17, 15) is 9.18 Å². The minimum atomic E-state index is -0.932. The molecule has 3 aliphatic rings. The third kappa shape index (κ3) is 0.859. The fraction of sp³-hybridized carbons (Fsp3) is 0.600. The highest BCUT2D eigenvalue weighted by Gasteiger charge is 2.70. The third-order valence-electron chi connectivity index (χ3n) is 3.37. The van der Waals surface area contributed by atoms with E-state index in [2.05, 4.69) is 9.97 Å². The van der Waals surface area contributed by atoms with Crippen LogP contribution in [-0.2, 0) is 5.41 Å². The molecule has 1 aromatic rings. The Bertz CT molecular complexity index is 446. The van der Waals surface area contributed by atoms with E-state index < -0.39 is 5.67 Å². The van der Waals surface area contributed by atoms with E-state index in [1.54, 1.807) is 6.92 Å². The summed E-state index contributed by atoms with van der Waals surface area (Å²) in [5, 5.41) is 0. The molecule has 74 valence electrons. The Hall–Kier alpha value is -1.19. The first-order valence-electron chi connectivity index (χ1n) is 4.79. The van der Waals surface area contributed by atoms with Crippen molar-refractivity contribution in [2.75, 3.05) is 0 Å². The van der Waals surface area contributed by atoms with Gasteiger partial charge in [-0.05, 0) is 26.2 Å². The SMILES string of the molecule is Cc1nc(C23CC(F)(C2)C3)cc(=O)[nH]1. The van der Waals surface area contributed by atoms with Gasteiger partial charge in [-0.2, -0.15) is 0 Å². The third-order valence-corrected chi connectivity index (χ3v) is 3.37. The number of H-pyrrole nitrogens is 1. The van der Waals surface area contributed by atoms with E-state index in [4.69, 9.17) is 0 Å². The quantitative estimate of drug-likeness (QED) is 0.730. The lowest BCUT2D eigenvalue weighted by Gasteiger charge is -2.65. The van der Waals surface area contributed by atoms with E-state index in [1.165, 1.54) is 6.07 Å². The van der Waals surface area contributed by atoms with Gasteiger partial charge in [0, 0.05) is 11.5 Å². The summed E-state index contributed by atoms with van der Waals surface area (Å²) in [7, 11) is 0. The van der Waals surface area contributed by atoms with E-state index in [1.807, 2.05) is 0 Å². The number of alkyl halides is 1. The van der Waals surface area contributed by atoms with E-state index >= 15 is 0 Å². The predicted molar refractivity (Wildman–Crippen MR) is 49.0 cm³/mol. The van der Waals surface area contributed by atoms with Crippen LogP contribution in [0.4, 0.5) is 4.39 Å². The van der Waals surface area contributed by atoms with Crippen LogP contribution in [0.5, 0.6) is 0 Å². The summed E-state index contributed by atoms with van der Waals surface area (Å²) in [5.74, 6) is 0.616. The molecule has 4 rings (SSSR count). The van der Waals surface area contributed by atoms with Crippen LogP contribution in [-0.4, -0.2) is 15.6 Å². The Kier molecular flexibility index (Phi) is 1.21. The van der Waals surface area contributed by atoms with Crippen LogP contribution in [0.15, 0.2) is 10.9 Å². The highest BCUT2D eigenvalue weighted by atomic mass is 19.1. The molecule has 1 aromatic heterocycles. The smallest absolute Gasteiger partial charge is 0.251 e. The second kappa shape index (κ2) is 2.07. The Balaban J connectivity index is 2.02. The first-order valence-corrected chi connectivity index (χ1v) is 4.79. The lowest BCUT2D eigenvalue weighted by Crippen LogP contribution is -2.67. The molecule has 14 heavy (non-hydrogen) atoms. The molecule has 3 nitrogen and oxygen atoms in total. The van der Waals surface area contributed by atoms with Gasteiger partial charge in [0.25, 0.3) is 5.56 Å². The summed E-state index contributed by atoms with van der Waals surface area (Å²) in [6.07, 6.45) is 1.65. The molecule has 0 atom stereocenters. The van der Waals surface area contributed by atoms with E-state index in [0.717, 1.165) is 5.69 Å². The number of nitrogens with zero attached hydrogens (tertiary/aromatic N) is 1. The zero-order valence-electron chi connectivity index (χ0n) is 7.93. The average Bonchev–Trinajstić information content (AvgIpc) is 1.94. The molecular formula is C10H11FN2O. The lowest BCUT2D eigenvalue weighted by atomic mass is 9.41. The Morgan fingerprint density at radius 2 is 2.14 bits per heavy atom. The number of hydrogen-bond donors (Lipinski definition) is 1. The summed E-state index contributed by atoms with van der Waals surface area (Å²) in [6.45, 7) is 1.75. The molecule has 0 unspecified atom stereocenters. The number of aryl methyl sites for hydroxylation is 1. The minimum Gasteiger partial charge on any atom is -0.311 e. The van der Waals surface area contributed by atoms with E-state index in [0.29, 0.717) is 25.1 Å². The molecule has 3 fully saturated rings. The van der Waals surface area contributed by atoms with Gasteiger partial charge in [-0.1, -0.05) is 0 Å². The monoisotopic (exact) mass is 194 g/mol. The van der Waals surface area contributed by atoms with Crippen molar-refractivity contribution in [1.29, 1.82) is 0 Å². The van der Waals surface area contributed by atoms with Gasteiger partial charge in [0.1, 0.15) is 11.5 Å². The number of aromatic amines is 1. The maximum atomic E-state index is 13.3. The Morgan fingerprint density at radius 1 is 1.50 bits per heavy atom. The van der Waals surface area contributed by atoms with Crippen molar-refractivity contribution >= 4 is 0 Å². The summed E-state index contributed by atoms with van der Waals surface area (Å²) in [4.78, 5) is 18.1. The number of hydrogen-bond acceptors (Lipinski definition) is 2. The zero-order chi connectivity index (χ0) is 9.97. The van der Waals surface area contributed by atoms with Crippen molar-refractivity contribution in [2.45, 2.75) is 37.3 Å². The Labute approximate surface area is 80.4 Å². The second-order valence-corrected chi connectivity index (χ2v) is 4.68. The van der Waals surface area contributed by atoms with Gasteiger partial charge >= 0.3 is 0 Å². The summed E-state index contributed by atoms with van der Waals surface area (Å²) in [6, 6.07) is 1.51. The van der Waals surface area contributed by atoms with Gasteiger partial charge in [-0.15, -0.1) is 0 Å². The van der Waals surface area contributed by atoms with Crippen molar-refractivity contribution in [3.63, 3.8) is 0 Å². The van der Waals surface area contributed by atoms with Crippen molar-refractivity contribution in [3.05, 3.63) is 27.9 Å². The van der Waals surface area contributed by atoms with Gasteiger partial charge in [0.2, 0.25) is 0 Å². The van der Waals surface area contributed by atoms with Crippen molar-refractivity contribution in [1.82, 2.24) is 9.97 Å². The standard InChI is InChI=1S/C10H11FN2O/c1-6-12-7(2-8(14)13-6)9-3-10(11,4-9)5-9/h2H,3-5H2,1H3,(H,12,13,14). The van der Waals surface area contributed by atoms with Crippen LogP contribution < -0.4 is 5.56 Å². The first-order chi connectivity index (χ1) is 6.51. The van der Waals surface area contributed by atoms with Gasteiger partial charge in [-0.25, -0.2) is 9.37 Å². The summed E-state index contributed by atoms with van der Waals surface area (Å²) >= 11 is 0. The van der Waals surface area contributed by atoms with Crippen LogP contribution in [0.1, 0.15) is 30.8 Å². The number of halogens is 1. The molecular weight excluding hydrogens is 183 g/mol. The first kappa shape index (κ1) is 8.15. The molecule has 3 aliphatic carbocycles. The topological polar surface area (TPSA) is 45.8 Å². The molecule has 2 bridgehead atoms. The minimum absolute atomic E-state index is 0.103. The highest BCUT2D eigenvalue weighted by molar-refractivity contribution is 5.35. The largest absolute Gasteiger partial charge is 0.311 e. The highest BCUT2D eigenvalue weighted by Crippen LogP contribution is 2.69. The summed E-state index contributed by atoms with van der Waals surface area (Å²) in [5.41, 5.74) is -0.394. The second-order valence-electron chi connectivity index (χ2n) is 4.68. The maximum absolute atomic E-state index is 13.3. The average molecular weight is 194 g/mol. The number of aromatic nitrogens is 2. The molecule has 3 saturated carbocycles. The van der Waals surface area contributed by atoms with Gasteiger partial charge in [0.05, 0.1) is 5.69 Å². The van der Waals surface area contributed by atoms with Gasteiger partial charge in [0.15, 0.2) is 0 Å².